The number of fused-ring (bicyclic) bond motifs is 1. The zero-order valence-electron chi connectivity index (χ0n) is 12.1. The number of anilines is 2. The van der Waals surface area contributed by atoms with Crippen LogP contribution < -0.4 is 10.6 Å². The van der Waals surface area contributed by atoms with E-state index in [9.17, 15) is 5.11 Å². The largest absolute Gasteiger partial charge is 0.396 e. The van der Waals surface area contributed by atoms with Crippen molar-refractivity contribution < 1.29 is 5.11 Å². The lowest BCUT2D eigenvalue weighted by molar-refractivity contribution is 0.267. The number of nitrogens with zero attached hydrogens (tertiary/aromatic N) is 3. The summed E-state index contributed by atoms with van der Waals surface area (Å²) in [5, 5.41) is 15.7. The molecular weight excluding hydrogens is 256 g/mol. The highest BCUT2D eigenvalue weighted by atomic mass is 16.3. The summed E-state index contributed by atoms with van der Waals surface area (Å²) < 4.78 is 0. The van der Waals surface area contributed by atoms with Crippen LogP contribution in [0.5, 0.6) is 0 Å². The first-order valence-electron chi connectivity index (χ1n) is 6.98. The van der Waals surface area contributed by atoms with Crippen molar-refractivity contribution in [1.82, 2.24) is 19.9 Å². The molecule has 7 heteroatoms. The Labute approximate surface area is 118 Å². The molecule has 0 aliphatic rings. The lowest BCUT2D eigenvalue weighted by Gasteiger charge is -2.22. The number of nitrogens with one attached hydrogen (secondary N) is 3. The van der Waals surface area contributed by atoms with Gasteiger partial charge in [-0.25, -0.2) is 4.98 Å². The van der Waals surface area contributed by atoms with E-state index in [4.69, 9.17) is 0 Å². The van der Waals surface area contributed by atoms with Crippen LogP contribution in [0.15, 0.2) is 6.33 Å². The van der Waals surface area contributed by atoms with E-state index < -0.39 is 0 Å². The summed E-state index contributed by atoms with van der Waals surface area (Å²) in [5.74, 6) is 1.66. The van der Waals surface area contributed by atoms with Crippen LogP contribution in [0.25, 0.3) is 11.2 Å². The molecular formula is C13H22N6O. The minimum atomic E-state index is 0.146. The fraction of sp³-hybridized carbons (Fsp3) is 0.615. The predicted octanol–water partition coefficient (Wildman–Crippen LogP) is 1.60. The van der Waals surface area contributed by atoms with E-state index in [1.807, 2.05) is 6.92 Å². The smallest absolute Gasteiger partial charge is 0.226 e. The van der Waals surface area contributed by atoms with Crippen LogP contribution in [0.4, 0.5) is 11.8 Å². The first-order valence-corrected chi connectivity index (χ1v) is 6.98. The first kappa shape index (κ1) is 14.5. The van der Waals surface area contributed by atoms with Crippen molar-refractivity contribution in [3.05, 3.63) is 6.33 Å². The van der Waals surface area contributed by atoms with Gasteiger partial charge in [0.2, 0.25) is 5.95 Å². The lowest BCUT2D eigenvalue weighted by Crippen LogP contribution is -2.27. The second-order valence-electron chi connectivity index (χ2n) is 5.03. The van der Waals surface area contributed by atoms with E-state index in [-0.39, 0.29) is 12.6 Å². The zero-order valence-corrected chi connectivity index (χ0v) is 12.1. The average molecular weight is 278 g/mol. The number of aliphatic hydroxyl groups is 1. The highest BCUT2D eigenvalue weighted by Crippen LogP contribution is 2.21. The van der Waals surface area contributed by atoms with Gasteiger partial charge in [-0.1, -0.05) is 13.8 Å². The SMILES string of the molecule is CCNc1nc(NC(CCO)C(C)C)c2[nH]cnc2n1. The number of aromatic nitrogens is 4. The normalized spacial score (nSPS) is 12.8. The molecule has 0 aliphatic heterocycles. The third-order valence-electron chi connectivity index (χ3n) is 3.19. The van der Waals surface area contributed by atoms with Gasteiger partial charge in [0.15, 0.2) is 11.5 Å². The molecule has 7 nitrogen and oxygen atoms in total. The van der Waals surface area contributed by atoms with Crippen LogP contribution in [0.1, 0.15) is 27.2 Å². The molecule has 2 aromatic heterocycles. The number of rotatable bonds is 7. The topological polar surface area (TPSA) is 98.8 Å². The van der Waals surface area contributed by atoms with E-state index in [0.29, 0.717) is 23.9 Å². The molecule has 2 aromatic rings. The van der Waals surface area contributed by atoms with Gasteiger partial charge in [-0.2, -0.15) is 9.97 Å². The van der Waals surface area contributed by atoms with Gasteiger partial charge in [0, 0.05) is 19.2 Å². The molecule has 0 saturated heterocycles. The third kappa shape index (κ3) is 3.16. The Morgan fingerprint density at radius 3 is 2.80 bits per heavy atom. The third-order valence-corrected chi connectivity index (χ3v) is 3.19. The molecule has 0 radical (unpaired) electrons. The fourth-order valence-corrected chi connectivity index (χ4v) is 2.06. The lowest BCUT2D eigenvalue weighted by atomic mass is 10.0. The Bertz CT molecular complexity index is 553. The summed E-state index contributed by atoms with van der Waals surface area (Å²) in [6, 6.07) is 0.149. The molecule has 0 aliphatic carbocycles. The number of aromatic amines is 1. The summed E-state index contributed by atoms with van der Waals surface area (Å²) in [6.45, 7) is 7.12. The van der Waals surface area contributed by atoms with Crippen LogP contribution in [0.3, 0.4) is 0 Å². The molecule has 2 heterocycles. The molecule has 0 saturated carbocycles. The minimum absolute atomic E-state index is 0.146. The summed E-state index contributed by atoms with van der Waals surface area (Å²) in [7, 11) is 0. The van der Waals surface area contributed by atoms with Gasteiger partial charge in [0.25, 0.3) is 0 Å². The van der Waals surface area contributed by atoms with Crippen LogP contribution in [0, 0.1) is 5.92 Å². The Hall–Kier alpha value is -1.89. The molecule has 1 unspecified atom stereocenters. The molecule has 0 aromatic carbocycles. The zero-order chi connectivity index (χ0) is 14.5. The first-order chi connectivity index (χ1) is 9.65. The van der Waals surface area contributed by atoms with Crippen molar-refractivity contribution in [3.8, 4) is 0 Å². The van der Waals surface area contributed by atoms with Crippen molar-refractivity contribution in [1.29, 1.82) is 0 Å². The van der Waals surface area contributed by atoms with E-state index in [0.717, 1.165) is 17.9 Å². The summed E-state index contributed by atoms with van der Waals surface area (Å²) in [5.41, 5.74) is 1.42. The van der Waals surface area contributed by atoms with Crippen molar-refractivity contribution in [2.75, 3.05) is 23.8 Å². The fourth-order valence-electron chi connectivity index (χ4n) is 2.06. The average Bonchev–Trinajstić information content (AvgIpc) is 2.86. The van der Waals surface area contributed by atoms with Crippen LogP contribution in [-0.2, 0) is 0 Å². The Kier molecular flexibility index (Phi) is 4.73. The molecule has 0 fully saturated rings. The van der Waals surface area contributed by atoms with E-state index in [1.165, 1.54) is 0 Å². The van der Waals surface area contributed by atoms with Gasteiger partial charge in [0.05, 0.1) is 6.33 Å². The number of aliphatic hydroxyl groups excluding tert-OH is 1. The number of hydrogen-bond donors (Lipinski definition) is 4. The van der Waals surface area contributed by atoms with Gasteiger partial charge in [0.1, 0.15) is 5.52 Å². The van der Waals surface area contributed by atoms with Gasteiger partial charge in [-0.3, -0.25) is 0 Å². The van der Waals surface area contributed by atoms with E-state index >= 15 is 0 Å². The Balaban J connectivity index is 2.33. The second kappa shape index (κ2) is 6.51. The molecule has 2 rings (SSSR count). The van der Waals surface area contributed by atoms with Gasteiger partial charge < -0.3 is 20.7 Å². The molecule has 0 bridgehead atoms. The van der Waals surface area contributed by atoms with Crippen LogP contribution in [-0.4, -0.2) is 44.2 Å². The maximum absolute atomic E-state index is 9.17. The second-order valence-corrected chi connectivity index (χ2v) is 5.03. The van der Waals surface area contributed by atoms with E-state index in [1.54, 1.807) is 6.33 Å². The van der Waals surface area contributed by atoms with Crippen LogP contribution >= 0.6 is 0 Å². The van der Waals surface area contributed by atoms with Crippen molar-refractivity contribution in [2.45, 2.75) is 33.2 Å². The van der Waals surface area contributed by atoms with E-state index in [2.05, 4.69) is 44.4 Å². The molecule has 4 N–H and O–H groups in total. The highest BCUT2D eigenvalue weighted by Gasteiger charge is 2.17. The predicted molar refractivity (Wildman–Crippen MR) is 79.8 cm³/mol. The maximum Gasteiger partial charge on any atom is 0.226 e. The van der Waals surface area contributed by atoms with Crippen LogP contribution in [0.2, 0.25) is 0 Å². The Morgan fingerprint density at radius 1 is 1.35 bits per heavy atom. The molecule has 20 heavy (non-hydrogen) atoms. The molecule has 0 amide bonds. The summed E-state index contributed by atoms with van der Waals surface area (Å²) in [4.78, 5) is 16.1. The molecule has 110 valence electrons. The summed E-state index contributed by atoms with van der Waals surface area (Å²) in [6.07, 6.45) is 2.28. The van der Waals surface area contributed by atoms with Gasteiger partial charge in [-0.05, 0) is 19.3 Å². The number of H-pyrrole nitrogens is 1. The standard InChI is InChI=1S/C13H22N6O/c1-4-14-13-18-11-10(15-7-16-11)12(19-13)17-9(5-6-20)8(2)3/h7-9,20H,4-6H2,1-3H3,(H3,14,15,16,17,18,19). The van der Waals surface area contributed by atoms with Crippen molar-refractivity contribution in [3.63, 3.8) is 0 Å². The highest BCUT2D eigenvalue weighted by molar-refractivity contribution is 5.83. The minimum Gasteiger partial charge on any atom is -0.396 e. The number of imidazole rings is 1. The monoisotopic (exact) mass is 278 g/mol. The number of hydrogen-bond acceptors (Lipinski definition) is 6. The Morgan fingerprint density at radius 2 is 2.15 bits per heavy atom. The van der Waals surface area contributed by atoms with Crippen molar-refractivity contribution >= 4 is 22.9 Å². The van der Waals surface area contributed by atoms with Gasteiger partial charge in [-0.15, -0.1) is 0 Å². The molecule has 1 atom stereocenters. The maximum atomic E-state index is 9.17. The van der Waals surface area contributed by atoms with Crippen molar-refractivity contribution in [2.24, 2.45) is 5.92 Å². The summed E-state index contributed by atoms with van der Waals surface area (Å²) >= 11 is 0. The molecule has 0 spiro atoms. The quantitative estimate of drug-likeness (QED) is 0.614. The van der Waals surface area contributed by atoms with Gasteiger partial charge >= 0.3 is 0 Å².